The Hall–Kier alpha value is -1.89. The molecule has 4 nitrogen and oxygen atoms in total. The van der Waals surface area contributed by atoms with Crippen LogP contribution in [0.25, 0.3) is 11.0 Å². The molecule has 1 aromatic heterocycles. The molecule has 2 heterocycles. The molecule has 0 saturated carbocycles. The molecule has 28 heavy (non-hydrogen) atoms. The summed E-state index contributed by atoms with van der Waals surface area (Å²) < 4.78 is 10.1. The van der Waals surface area contributed by atoms with Gasteiger partial charge in [-0.15, -0.1) is 0 Å². The minimum Gasteiger partial charge on any atom is -1.00 e. The van der Waals surface area contributed by atoms with E-state index in [4.69, 9.17) is 4.74 Å². The number of rotatable bonds is 7. The largest absolute Gasteiger partial charge is 1.00 e. The zero-order valence-electron chi connectivity index (χ0n) is 16.6. The molecule has 0 radical (unpaired) electrons. The highest BCUT2D eigenvalue weighted by Crippen LogP contribution is 2.26. The van der Waals surface area contributed by atoms with Crippen LogP contribution in [0.15, 0.2) is 42.5 Å². The number of Topliss-reactive ketones (excluding diaryl/α,β-unsaturated/α-hetero) is 1. The van der Waals surface area contributed by atoms with E-state index in [1.165, 1.54) is 16.6 Å². The van der Waals surface area contributed by atoms with Gasteiger partial charge in [0.1, 0.15) is 18.8 Å². The van der Waals surface area contributed by atoms with E-state index in [-0.39, 0.29) is 24.0 Å². The number of unbranched alkanes of at least 4 members (excludes halogenated alkanes) is 1. The predicted octanol–water partition coefficient (Wildman–Crippen LogP) is 0.984. The Labute approximate surface area is 183 Å². The summed E-state index contributed by atoms with van der Waals surface area (Å²) in [4.78, 5) is 12.4. The quantitative estimate of drug-likeness (QED) is 0.366. The Morgan fingerprint density at radius 2 is 2.04 bits per heavy atom. The van der Waals surface area contributed by atoms with Crippen molar-refractivity contribution in [1.29, 1.82) is 0 Å². The minimum atomic E-state index is 0. The van der Waals surface area contributed by atoms with Crippen LogP contribution in [0.2, 0.25) is 0 Å². The minimum absolute atomic E-state index is 0. The van der Waals surface area contributed by atoms with Crippen LogP contribution in [-0.4, -0.2) is 17.0 Å². The van der Waals surface area contributed by atoms with Gasteiger partial charge in [-0.1, -0.05) is 31.5 Å². The number of hydrogen-bond acceptors (Lipinski definition) is 2. The highest BCUT2D eigenvalue weighted by atomic mass is 127. The molecular formula is C23H27IN2O2. The zero-order valence-corrected chi connectivity index (χ0v) is 18.7. The molecule has 0 atom stereocenters. The van der Waals surface area contributed by atoms with Crippen molar-refractivity contribution >= 4 is 16.8 Å². The molecule has 3 aromatic rings. The number of benzene rings is 2. The monoisotopic (exact) mass is 490 g/mol. The number of para-hydroxylation sites is 2. The number of halogens is 1. The lowest BCUT2D eigenvalue weighted by Gasteiger charge is -2.04. The molecule has 1 aliphatic heterocycles. The number of hydrogen-bond donors (Lipinski definition) is 0. The van der Waals surface area contributed by atoms with E-state index in [2.05, 4.69) is 59.4 Å². The van der Waals surface area contributed by atoms with Crippen LogP contribution >= 0.6 is 0 Å². The molecule has 0 N–H and O–H groups in total. The van der Waals surface area contributed by atoms with Crippen molar-refractivity contribution in [2.75, 3.05) is 6.61 Å². The van der Waals surface area contributed by atoms with E-state index in [0.29, 0.717) is 18.7 Å². The topological polar surface area (TPSA) is 35.1 Å². The van der Waals surface area contributed by atoms with Gasteiger partial charge < -0.3 is 28.7 Å². The van der Waals surface area contributed by atoms with Crippen molar-refractivity contribution in [2.45, 2.75) is 52.6 Å². The summed E-state index contributed by atoms with van der Waals surface area (Å²) >= 11 is 0. The van der Waals surface area contributed by atoms with Gasteiger partial charge in [0.05, 0.1) is 6.61 Å². The Bertz CT molecular complexity index is 994. The molecule has 0 bridgehead atoms. The van der Waals surface area contributed by atoms with E-state index in [1.54, 1.807) is 0 Å². The third kappa shape index (κ3) is 4.09. The number of carbonyl (C=O) groups excluding carboxylic acids is 1. The summed E-state index contributed by atoms with van der Waals surface area (Å²) in [5, 5.41) is 0. The number of imidazole rings is 1. The molecule has 2 aromatic carbocycles. The molecule has 1 aliphatic rings. The Balaban J connectivity index is 0.00000225. The van der Waals surface area contributed by atoms with Crippen LogP contribution in [0, 0.1) is 6.92 Å². The smallest absolute Gasteiger partial charge is 0.254 e. The van der Waals surface area contributed by atoms with E-state index < -0.39 is 0 Å². The van der Waals surface area contributed by atoms with Crippen LogP contribution < -0.4 is 33.3 Å². The molecule has 0 fully saturated rings. The third-order valence-electron chi connectivity index (χ3n) is 5.48. The van der Waals surface area contributed by atoms with Crippen molar-refractivity contribution in [2.24, 2.45) is 0 Å². The fourth-order valence-electron chi connectivity index (χ4n) is 3.96. The van der Waals surface area contributed by atoms with E-state index in [0.717, 1.165) is 49.5 Å². The SMILES string of the molecule is CCCCC(=O)Cn1c(C)[n+](Cc2ccc3c(c2)CCO3)c2ccccc21.[I-]. The molecule has 0 aliphatic carbocycles. The first-order chi connectivity index (χ1) is 13.2. The van der Waals surface area contributed by atoms with Crippen LogP contribution in [-0.2, 0) is 24.3 Å². The van der Waals surface area contributed by atoms with Gasteiger partial charge in [0.25, 0.3) is 5.82 Å². The molecule has 0 unspecified atom stereocenters. The Morgan fingerprint density at radius 3 is 2.86 bits per heavy atom. The van der Waals surface area contributed by atoms with Gasteiger partial charge in [-0.05, 0) is 41.8 Å². The maximum absolute atomic E-state index is 12.4. The molecule has 0 saturated heterocycles. The second-order valence-corrected chi connectivity index (χ2v) is 7.39. The second kappa shape index (κ2) is 9.07. The zero-order chi connectivity index (χ0) is 18.8. The maximum atomic E-state index is 12.4. The van der Waals surface area contributed by atoms with Gasteiger partial charge in [0.15, 0.2) is 16.8 Å². The molecule has 5 heteroatoms. The Kier molecular flexibility index (Phi) is 6.75. The number of carbonyl (C=O) groups is 1. The Morgan fingerprint density at radius 1 is 1.21 bits per heavy atom. The maximum Gasteiger partial charge on any atom is 0.254 e. The number of aromatic nitrogens is 2. The third-order valence-corrected chi connectivity index (χ3v) is 5.48. The average molecular weight is 490 g/mol. The van der Waals surface area contributed by atoms with Crippen LogP contribution in [0.3, 0.4) is 0 Å². The molecule has 0 spiro atoms. The van der Waals surface area contributed by atoms with Crippen molar-refractivity contribution in [3.05, 3.63) is 59.4 Å². The number of nitrogens with zero attached hydrogens (tertiary/aromatic N) is 2. The average Bonchev–Trinajstić information content (AvgIpc) is 3.25. The standard InChI is InChI=1S/C23H27N2O2.HI/c1-3-4-7-20(26)16-25-17(2)24(21-8-5-6-9-22(21)25)15-18-10-11-23-19(14-18)12-13-27-23;/h5-6,8-11,14H,3-4,7,12-13,15-16H2,1-2H3;1H/q+1;/p-1. The first kappa shape index (κ1) is 20.8. The molecule has 4 rings (SSSR count). The fourth-order valence-corrected chi connectivity index (χ4v) is 3.96. The first-order valence-corrected chi connectivity index (χ1v) is 9.91. The van der Waals surface area contributed by atoms with Gasteiger partial charge in [-0.25, -0.2) is 9.13 Å². The summed E-state index contributed by atoms with van der Waals surface area (Å²) in [5.74, 6) is 2.45. The number of ether oxygens (including phenoxy) is 1. The summed E-state index contributed by atoms with van der Waals surface area (Å²) in [6, 6.07) is 14.9. The highest BCUT2D eigenvalue weighted by Gasteiger charge is 2.23. The predicted molar refractivity (Wildman–Crippen MR) is 106 cm³/mol. The summed E-state index contributed by atoms with van der Waals surface area (Å²) in [6.45, 7) is 6.28. The molecule has 0 amide bonds. The fraction of sp³-hybridized carbons (Fsp3) is 0.391. The van der Waals surface area contributed by atoms with E-state index in [9.17, 15) is 4.79 Å². The van der Waals surface area contributed by atoms with Crippen LogP contribution in [0.4, 0.5) is 0 Å². The van der Waals surface area contributed by atoms with Gasteiger partial charge in [0.2, 0.25) is 0 Å². The number of ketones is 1. The summed E-state index contributed by atoms with van der Waals surface area (Å²) in [7, 11) is 0. The van der Waals surface area contributed by atoms with Gasteiger partial charge >= 0.3 is 0 Å². The normalized spacial score (nSPS) is 12.5. The van der Waals surface area contributed by atoms with Crippen molar-refractivity contribution in [1.82, 2.24) is 4.57 Å². The van der Waals surface area contributed by atoms with Crippen molar-refractivity contribution in [3.63, 3.8) is 0 Å². The second-order valence-electron chi connectivity index (χ2n) is 7.39. The van der Waals surface area contributed by atoms with Crippen molar-refractivity contribution < 1.29 is 38.1 Å². The van der Waals surface area contributed by atoms with Crippen molar-refractivity contribution in [3.8, 4) is 5.75 Å². The van der Waals surface area contributed by atoms with Gasteiger partial charge in [-0.3, -0.25) is 4.79 Å². The van der Waals surface area contributed by atoms with E-state index >= 15 is 0 Å². The van der Waals surface area contributed by atoms with Gasteiger partial charge in [0, 0.05) is 19.8 Å². The van der Waals surface area contributed by atoms with Crippen LogP contribution in [0.1, 0.15) is 43.1 Å². The summed E-state index contributed by atoms with van der Waals surface area (Å²) in [5.41, 5.74) is 4.87. The lowest BCUT2D eigenvalue weighted by Crippen LogP contribution is -3.00. The number of fused-ring (bicyclic) bond motifs is 2. The van der Waals surface area contributed by atoms with Gasteiger partial charge in [-0.2, -0.15) is 0 Å². The highest BCUT2D eigenvalue weighted by molar-refractivity contribution is 5.81. The molecule has 148 valence electrons. The molecular weight excluding hydrogens is 463 g/mol. The first-order valence-electron chi connectivity index (χ1n) is 9.91. The summed E-state index contributed by atoms with van der Waals surface area (Å²) in [6.07, 6.45) is 3.67. The lowest BCUT2D eigenvalue weighted by molar-refractivity contribution is -0.669. The van der Waals surface area contributed by atoms with Crippen LogP contribution in [0.5, 0.6) is 5.75 Å². The lowest BCUT2D eigenvalue weighted by atomic mass is 10.1. The van der Waals surface area contributed by atoms with E-state index in [1.807, 2.05) is 6.07 Å².